The summed E-state index contributed by atoms with van der Waals surface area (Å²) in [5.74, 6) is 1.05. The van der Waals surface area contributed by atoms with Gasteiger partial charge < -0.3 is 24.6 Å². The Morgan fingerprint density at radius 2 is 1.83 bits per heavy atom. The van der Waals surface area contributed by atoms with Gasteiger partial charge in [0.05, 0.1) is 26.5 Å². The fourth-order valence-corrected chi connectivity index (χ4v) is 3.03. The van der Waals surface area contributed by atoms with E-state index in [4.69, 9.17) is 25.8 Å². The first kappa shape index (κ1) is 22.8. The molecule has 0 radical (unpaired) electrons. The summed E-state index contributed by atoms with van der Waals surface area (Å²) >= 11 is 6.29. The smallest absolute Gasteiger partial charge is 0.229 e. The number of hydrogen-bond acceptors (Lipinski definition) is 5. The van der Waals surface area contributed by atoms with Crippen LogP contribution in [-0.4, -0.2) is 31.8 Å². The fourth-order valence-electron chi connectivity index (χ4n) is 2.82. The minimum absolute atomic E-state index is 0.216. The van der Waals surface area contributed by atoms with Crippen LogP contribution in [0.5, 0.6) is 17.2 Å². The molecule has 0 heterocycles. The molecule has 6 nitrogen and oxygen atoms in total. The van der Waals surface area contributed by atoms with Gasteiger partial charge in [0, 0.05) is 27.6 Å². The second kappa shape index (κ2) is 9.37. The van der Waals surface area contributed by atoms with Crippen LogP contribution >= 0.6 is 11.6 Å². The third-order valence-electron chi connectivity index (χ3n) is 4.34. The molecule has 7 heteroatoms. The molecule has 0 spiro atoms. The van der Waals surface area contributed by atoms with Gasteiger partial charge in [-0.3, -0.25) is 4.79 Å². The minimum atomic E-state index is -1.15. The van der Waals surface area contributed by atoms with Gasteiger partial charge in [-0.15, -0.1) is 0 Å². The molecule has 0 fully saturated rings. The number of methoxy groups -OCH3 is 2. The molecule has 2 aromatic rings. The van der Waals surface area contributed by atoms with E-state index in [-0.39, 0.29) is 5.91 Å². The molecule has 0 saturated heterocycles. The Labute approximate surface area is 176 Å². The lowest BCUT2D eigenvalue weighted by molar-refractivity contribution is -0.123. The molecule has 0 bridgehead atoms. The fraction of sp³-hybridized carbons (Fsp3) is 0.409. The third kappa shape index (κ3) is 5.14. The van der Waals surface area contributed by atoms with Gasteiger partial charge in [-0.05, 0) is 19.1 Å². The molecule has 2 N–H and O–H groups in total. The Hall–Kier alpha value is -2.44. The zero-order valence-corrected chi connectivity index (χ0v) is 18.4. The SMILES string of the molecule is CCOc1cc(Cl)cc(C(O)c2cccc(OC)c2OC)c1NC(=O)C(C)(C)C. The lowest BCUT2D eigenvalue weighted by Crippen LogP contribution is -2.28. The summed E-state index contributed by atoms with van der Waals surface area (Å²) in [6.07, 6.45) is -1.15. The molecule has 1 amide bonds. The van der Waals surface area contributed by atoms with Crippen LogP contribution in [-0.2, 0) is 4.79 Å². The molecule has 1 unspecified atom stereocenters. The van der Waals surface area contributed by atoms with E-state index in [1.807, 2.05) is 6.92 Å². The zero-order chi connectivity index (χ0) is 21.8. The number of nitrogens with one attached hydrogen (secondary N) is 1. The van der Waals surface area contributed by atoms with Crippen molar-refractivity contribution in [2.24, 2.45) is 5.41 Å². The number of halogens is 1. The maximum absolute atomic E-state index is 12.7. The van der Waals surface area contributed by atoms with E-state index in [9.17, 15) is 9.90 Å². The topological polar surface area (TPSA) is 77.0 Å². The molecular weight excluding hydrogens is 394 g/mol. The lowest BCUT2D eigenvalue weighted by Gasteiger charge is -2.24. The predicted molar refractivity (Wildman–Crippen MR) is 114 cm³/mol. The van der Waals surface area contributed by atoms with Crippen molar-refractivity contribution in [3.05, 3.63) is 46.5 Å². The first-order chi connectivity index (χ1) is 13.6. The summed E-state index contributed by atoms with van der Waals surface area (Å²) in [7, 11) is 3.02. The number of carbonyl (C=O) groups is 1. The molecule has 0 aliphatic heterocycles. The highest BCUT2D eigenvalue weighted by molar-refractivity contribution is 6.31. The maximum atomic E-state index is 12.7. The second-order valence-corrected chi connectivity index (χ2v) is 7.93. The van der Waals surface area contributed by atoms with Crippen molar-refractivity contribution < 1.29 is 24.1 Å². The molecule has 0 aliphatic rings. The van der Waals surface area contributed by atoms with Gasteiger partial charge >= 0.3 is 0 Å². The Bertz CT molecular complexity index is 876. The first-order valence-electron chi connectivity index (χ1n) is 9.30. The van der Waals surface area contributed by atoms with Gasteiger partial charge in [-0.1, -0.05) is 44.5 Å². The number of anilines is 1. The normalized spacial score (nSPS) is 12.3. The van der Waals surface area contributed by atoms with Crippen LogP contribution in [0.1, 0.15) is 44.9 Å². The molecule has 1 atom stereocenters. The number of amides is 1. The van der Waals surface area contributed by atoms with Crippen molar-refractivity contribution in [2.75, 3.05) is 26.1 Å². The largest absolute Gasteiger partial charge is 0.493 e. The highest BCUT2D eigenvalue weighted by Crippen LogP contribution is 2.43. The highest BCUT2D eigenvalue weighted by Gasteiger charge is 2.28. The van der Waals surface area contributed by atoms with Crippen LogP contribution < -0.4 is 19.5 Å². The predicted octanol–water partition coefficient (Wildman–Crippen LogP) is 4.82. The molecule has 2 aromatic carbocycles. The molecule has 0 aromatic heterocycles. The van der Waals surface area contributed by atoms with E-state index in [0.717, 1.165) is 0 Å². The van der Waals surface area contributed by atoms with Crippen LogP contribution in [0, 0.1) is 5.41 Å². The molecule has 0 aliphatic carbocycles. The number of para-hydroxylation sites is 1. The van der Waals surface area contributed by atoms with Gasteiger partial charge in [-0.2, -0.15) is 0 Å². The van der Waals surface area contributed by atoms with Crippen LogP contribution in [0.15, 0.2) is 30.3 Å². The standard InChI is InChI=1S/C22H28ClNO5/c1-7-29-17-12-13(23)11-15(18(17)24-21(26)22(2,3)4)19(25)14-9-8-10-16(27-5)20(14)28-6/h8-12,19,25H,7H2,1-6H3,(H,24,26). The summed E-state index contributed by atoms with van der Waals surface area (Å²) in [4.78, 5) is 12.7. The Kier molecular flexibility index (Phi) is 7.38. The van der Waals surface area contributed by atoms with E-state index < -0.39 is 11.5 Å². The summed E-state index contributed by atoms with van der Waals surface area (Å²) in [6, 6.07) is 8.43. The second-order valence-electron chi connectivity index (χ2n) is 7.49. The van der Waals surface area contributed by atoms with Gasteiger partial charge in [0.25, 0.3) is 0 Å². The van der Waals surface area contributed by atoms with E-state index in [2.05, 4.69) is 5.32 Å². The number of ether oxygens (including phenoxy) is 3. The Morgan fingerprint density at radius 1 is 1.14 bits per heavy atom. The molecule has 29 heavy (non-hydrogen) atoms. The molecular formula is C22H28ClNO5. The van der Waals surface area contributed by atoms with Gasteiger partial charge in [0.2, 0.25) is 5.91 Å². The average molecular weight is 422 g/mol. The summed E-state index contributed by atoms with van der Waals surface area (Å²) < 4.78 is 16.5. The molecule has 0 saturated carbocycles. The third-order valence-corrected chi connectivity index (χ3v) is 4.56. The number of rotatable bonds is 7. The Morgan fingerprint density at radius 3 is 2.38 bits per heavy atom. The molecule has 2 rings (SSSR count). The number of benzene rings is 2. The highest BCUT2D eigenvalue weighted by atomic mass is 35.5. The van der Waals surface area contributed by atoms with Gasteiger partial charge in [0.1, 0.15) is 11.9 Å². The first-order valence-corrected chi connectivity index (χ1v) is 9.68. The average Bonchev–Trinajstić information content (AvgIpc) is 2.67. The van der Waals surface area contributed by atoms with E-state index in [1.165, 1.54) is 14.2 Å². The minimum Gasteiger partial charge on any atom is -0.493 e. The van der Waals surface area contributed by atoms with E-state index in [1.54, 1.807) is 51.1 Å². The monoisotopic (exact) mass is 421 g/mol. The maximum Gasteiger partial charge on any atom is 0.229 e. The number of hydrogen-bond donors (Lipinski definition) is 2. The number of carbonyl (C=O) groups excluding carboxylic acids is 1. The molecule has 158 valence electrons. The van der Waals surface area contributed by atoms with Crippen LogP contribution in [0.2, 0.25) is 5.02 Å². The van der Waals surface area contributed by atoms with E-state index in [0.29, 0.717) is 45.7 Å². The van der Waals surface area contributed by atoms with Crippen LogP contribution in [0.25, 0.3) is 0 Å². The van der Waals surface area contributed by atoms with E-state index >= 15 is 0 Å². The van der Waals surface area contributed by atoms with Crippen LogP contribution in [0.4, 0.5) is 5.69 Å². The summed E-state index contributed by atoms with van der Waals surface area (Å²) in [5, 5.41) is 14.5. The van der Waals surface area contributed by atoms with Crippen molar-refractivity contribution in [1.29, 1.82) is 0 Å². The Balaban J connectivity index is 2.66. The van der Waals surface area contributed by atoms with Gasteiger partial charge in [0.15, 0.2) is 11.5 Å². The van der Waals surface area contributed by atoms with Gasteiger partial charge in [-0.25, -0.2) is 0 Å². The van der Waals surface area contributed by atoms with Crippen molar-refractivity contribution >= 4 is 23.2 Å². The summed E-state index contributed by atoms with van der Waals surface area (Å²) in [6.45, 7) is 7.62. The summed E-state index contributed by atoms with van der Waals surface area (Å²) in [5.41, 5.74) is 0.598. The number of aliphatic hydroxyl groups excluding tert-OH is 1. The van der Waals surface area contributed by atoms with Crippen molar-refractivity contribution in [3.8, 4) is 17.2 Å². The van der Waals surface area contributed by atoms with Crippen molar-refractivity contribution in [2.45, 2.75) is 33.8 Å². The van der Waals surface area contributed by atoms with Crippen molar-refractivity contribution in [3.63, 3.8) is 0 Å². The lowest BCUT2D eigenvalue weighted by atomic mass is 9.94. The number of aliphatic hydroxyl groups is 1. The van der Waals surface area contributed by atoms with Crippen molar-refractivity contribution in [1.82, 2.24) is 0 Å². The van der Waals surface area contributed by atoms with Crippen LogP contribution in [0.3, 0.4) is 0 Å². The zero-order valence-electron chi connectivity index (χ0n) is 17.6. The quantitative estimate of drug-likeness (QED) is 0.670.